The summed E-state index contributed by atoms with van der Waals surface area (Å²) in [5.41, 5.74) is 1.34. The van der Waals surface area contributed by atoms with Crippen molar-refractivity contribution in [2.75, 3.05) is 7.05 Å². The zero-order chi connectivity index (χ0) is 21.3. The van der Waals surface area contributed by atoms with Gasteiger partial charge < -0.3 is 9.32 Å². The molecule has 0 aliphatic rings. The first-order valence-electron chi connectivity index (χ1n) is 8.53. The van der Waals surface area contributed by atoms with Crippen molar-refractivity contribution in [3.05, 3.63) is 76.0 Å². The molecule has 0 aliphatic carbocycles. The number of benzene rings is 2. The van der Waals surface area contributed by atoms with Crippen molar-refractivity contribution in [3.63, 3.8) is 0 Å². The molecule has 0 fully saturated rings. The lowest BCUT2D eigenvalue weighted by molar-refractivity contribution is 0.0711. The number of carbonyl (C=O) groups is 1. The summed E-state index contributed by atoms with van der Waals surface area (Å²) in [6.45, 7) is 1.82. The molecule has 1 aromatic heterocycles. The van der Waals surface area contributed by atoms with Crippen molar-refractivity contribution in [1.82, 2.24) is 4.90 Å². The number of rotatable bonds is 5. The summed E-state index contributed by atoms with van der Waals surface area (Å²) in [4.78, 5) is 14.3. The molecule has 0 unspecified atom stereocenters. The van der Waals surface area contributed by atoms with Crippen LogP contribution in [0.3, 0.4) is 0 Å². The minimum Gasteiger partial charge on any atom is -0.451 e. The zero-order valence-corrected chi connectivity index (χ0v) is 17.9. The minimum atomic E-state index is -3.77. The monoisotopic (exact) mass is 452 g/mol. The first-order chi connectivity index (χ1) is 13.6. The average Bonchev–Trinajstić information content (AvgIpc) is 3.17. The van der Waals surface area contributed by atoms with Gasteiger partial charge in [0.2, 0.25) is 10.0 Å². The topological polar surface area (TPSA) is 93.6 Å². The summed E-state index contributed by atoms with van der Waals surface area (Å²) >= 11 is 12.2. The summed E-state index contributed by atoms with van der Waals surface area (Å²) < 4.78 is 28.5. The third-order valence-corrected chi connectivity index (χ3v) is 6.10. The van der Waals surface area contributed by atoms with Gasteiger partial charge in [-0.15, -0.1) is 0 Å². The highest BCUT2D eigenvalue weighted by molar-refractivity contribution is 7.89. The molecule has 29 heavy (non-hydrogen) atoms. The Labute approximate surface area is 178 Å². The molecule has 1 amide bonds. The van der Waals surface area contributed by atoms with Crippen molar-refractivity contribution in [3.8, 4) is 11.3 Å². The molecule has 0 aliphatic heterocycles. The Hall–Kier alpha value is -2.32. The number of nitrogens with zero attached hydrogens (tertiary/aromatic N) is 1. The van der Waals surface area contributed by atoms with Crippen LogP contribution in [0.15, 0.2) is 63.9 Å². The van der Waals surface area contributed by atoms with Crippen molar-refractivity contribution in [1.29, 1.82) is 0 Å². The quantitative estimate of drug-likeness (QED) is 0.604. The number of hydrogen-bond donors (Lipinski definition) is 1. The van der Waals surface area contributed by atoms with Gasteiger partial charge in [0.1, 0.15) is 5.76 Å². The summed E-state index contributed by atoms with van der Waals surface area (Å²) in [6, 6.07) is 13.9. The molecule has 0 saturated heterocycles. The smallest absolute Gasteiger partial charge is 0.289 e. The molecule has 3 rings (SSSR count). The predicted molar refractivity (Wildman–Crippen MR) is 112 cm³/mol. The molecule has 9 heteroatoms. The van der Waals surface area contributed by atoms with Gasteiger partial charge >= 0.3 is 0 Å². The Morgan fingerprint density at radius 1 is 1.07 bits per heavy atom. The standard InChI is InChI=1S/C20H18Cl2N2O4S/c1-12(13-3-6-15(7-4-13)29(23,26)27)24(2)20(25)19-10-9-18(28-19)16-11-14(21)5-8-17(16)22/h3-12H,1-2H3,(H2,23,26,27)/t12-/m0/s1. The fourth-order valence-electron chi connectivity index (χ4n) is 2.79. The molecule has 1 heterocycles. The molecule has 0 bridgehead atoms. The molecule has 1 atom stereocenters. The third-order valence-electron chi connectivity index (χ3n) is 4.60. The molecular formula is C20H18Cl2N2O4S. The van der Waals surface area contributed by atoms with E-state index in [9.17, 15) is 13.2 Å². The second-order valence-corrected chi connectivity index (χ2v) is 8.90. The van der Waals surface area contributed by atoms with Crippen molar-refractivity contribution in [2.45, 2.75) is 17.9 Å². The van der Waals surface area contributed by atoms with E-state index < -0.39 is 10.0 Å². The Bertz CT molecular complexity index is 1160. The molecule has 0 saturated carbocycles. The molecule has 0 spiro atoms. The summed E-state index contributed by atoms with van der Waals surface area (Å²) in [7, 11) is -2.14. The Morgan fingerprint density at radius 2 is 1.72 bits per heavy atom. The lowest BCUT2D eigenvalue weighted by Gasteiger charge is -2.24. The van der Waals surface area contributed by atoms with Gasteiger partial charge in [-0.25, -0.2) is 13.6 Å². The van der Waals surface area contributed by atoms with Crippen LogP contribution in [-0.4, -0.2) is 26.3 Å². The van der Waals surface area contributed by atoms with Crippen LogP contribution in [0.1, 0.15) is 29.1 Å². The second-order valence-electron chi connectivity index (χ2n) is 6.49. The van der Waals surface area contributed by atoms with Gasteiger partial charge in [0.05, 0.1) is 16.0 Å². The highest BCUT2D eigenvalue weighted by atomic mass is 35.5. The van der Waals surface area contributed by atoms with Gasteiger partial charge in [0, 0.05) is 17.6 Å². The number of hydrogen-bond acceptors (Lipinski definition) is 4. The van der Waals surface area contributed by atoms with Crippen LogP contribution >= 0.6 is 23.2 Å². The van der Waals surface area contributed by atoms with Gasteiger partial charge in [-0.3, -0.25) is 4.79 Å². The van der Waals surface area contributed by atoms with E-state index in [0.717, 1.165) is 5.56 Å². The summed E-state index contributed by atoms with van der Waals surface area (Å²) in [5.74, 6) is 0.239. The summed E-state index contributed by atoms with van der Waals surface area (Å²) in [6.07, 6.45) is 0. The van der Waals surface area contributed by atoms with Gasteiger partial charge in [0.15, 0.2) is 5.76 Å². The number of amides is 1. The van der Waals surface area contributed by atoms with Crippen molar-refractivity contribution >= 4 is 39.1 Å². The van der Waals surface area contributed by atoms with Crippen LogP contribution in [0.5, 0.6) is 0 Å². The number of sulfonamides is 1. The number of nitrogens with two attached hydrogens (primary N) is 1. The van der Waals surface area contributed by atoms with Gasteiger partial charge in [-0.05, 0) is 55.0 Å². The number of furan rings is 1. The van der Waals surface area contributed by atoms with Crippen molar-refractivity contribution < 1.29 is 17.6 Å². The van der Waals surface area contributed by atoms with Crippen molar-refractivity contribution in [2.24, 2.45) is 5.14 Å². The minimum absolute atomic E-state index is 0.0107. The largest absolute Gasteiger partial charge is 0.451 e. The predicted octanol–water partition coefficient (Wildman–Crippen LogP) is 4.73. The van der Waals surface area contributed by atoms with E-state index in [-0.39, 0.29) is 22.6 Å². The fourth-order valence-corrected chi connectivity index (χ4v) is 3.69. The first-order valence-corrected chi connectivity index (χ1v) is 10.8. The fraction of sp³-hybridized carbons (Fsp3) is 0.150. The van der Waals surface area contributed by atoms with E-state index in [1.165, 1.54) is 17.0 Å². The van der Waals surface area contributed by atoms with Crippen LogP contribution in [0.2, 0.25) is 10.0 Å². The Kier molecular flexibility index (Phi) is 6.05. The molecule has 2 N–H and O–H groups in total. The van der Waals surface area contributed by atoms with Gasteiger partial charge in [0.25, 0.3) is 5.91 Å². The van der Waals surface area contributed by atoms with E-state index >= 15 is 0 Å². The maximum absolute atomic E-state index is 12.8. The van der Waals surface area contributed by atoms with Crippen LogP contribution < -0.4 is 5.14 Å². The Balaban J connectivity index is 1.81. The SMILES string of the molecule is C[C@@H](c1ccc(S(N)(=O)=O)cc1)N(C)C(=O)c1ccc(-c2cc(Cl)ccc2Cl)o1. The normalized spacial score (nSPS) is 12.6. The van der Waals surface area contributed by atoms with E-state index in [1.807, 2.05) is 6.92 Å². The number of primary sulfonamides is 1. The molecular weight excluding hydrogens is 435 g/mol. The van der Waals surface area contributed by atoms with Crippen LogP contribution in [0, 0.1) is 0 Å². The molecule has 0 radical (unpaired) electrons. The van der Waals surface area contributed by atoms with Crippen LogP contribution in [0.4, 0.5) is 0 Å². The molecule has 3 aromatic rings. The van der Waals surface area contributed by atoms with Crippen LogP contribution in [-0.2, 0) is 10.0 Å². The number of carbonyl (C=O) groups excluding carboxylic acids is 1. The second kappa shape index (κ2) is 8.20. The van der Waals surface area contributed by atoms with Crippen LogP contribution in [0.25, 0.3) is 11.3 Å². The maximum atomic E-state index is 12.8. The Morgan fingerprint density at radius 3 is 2.34 bits per heavy atom. The molecule has 6 nitrogen and oxygen atoms in total. The number of halogens is 2. The van der Waals surface area contributed by atoms with Gasteiger partial charge in [-0.2, -0.15) is 0 Å². The lowest BCUT2D eigenvalue weighted by atomic mass is 10.1. The van der Waals surface area contributed by atoms with E-state index in [4.69, 9.17) is 32.8 Å². The van der Waals surface area contributed by atoms with E-state index in [0.29, 0.717) is 21.4 Å². The molecule has 152 valence electrons. The zero-order valence-electron chi connectivity index (χ0n) is 15.6. The van der Waals surface area contributed by atoms with Gasteiger partial charge in [-0.1, -0.05) is 35.3 Å². The summed E-state index contributed by atoms with van der Waals surface area (Å²) in [5, 5.41) is 6.07. The highest BCUT2D eigenvalue weighted by Crippen LogP contribution is 2.32. The van der Waals surface area contributed by atoms with E-state index in [2.05, 4.69) is 0 Å². The van der Waals surface area contributed by atoms with E-state index in [1.54, 1.807) is 49.5 Å². The lowest BCUT2D eigenvalue weighted by Crippen LogP contribution is -2.29. The average molecular weight is 453 g/mol. The molecule has 2 aromatic carbocycles. The highest BCUT2D eigenvalue weighted by Gasteiger charge is 2.23. The third kappa shape index (κ3) is 4.64. The maximum Gasteiger partial charge on any atom is 0.289 e. The first kappa shape index (κ1) is 21.4.